The Hall–Kier alpha value is -2.96. The van der Waals surface area contributed by atoms with Gasteiger partial charge in [0.15, 0.2) is 0 Å². The summed E-state index contributed by atoms with van der Waals surface area (Å²) in [6.45, 7) is 0.489. The highest BCUT2D eigenvalue weighted by molar-refractivity contribution is 7.92. The molecule has 1 aromatic carbocycles. The van der Waals surface area contributed by atoms with Crippen LogP contribution in [0.25, 0.3) is 11.4 Å². The lowest BCUT2D eigenvalue weighted by atomic mass is 10.1. The number of anilines is 2. The fourth-order valence-corrected chi connectivity index (χ4v) is 6.53. The van der Waals surface area contributed by atoms with Gasteiger partial charge >= 0.3 is 0 Å². The predicted octanol–water partition coefficient (Wildman–Crippen LogP) is -1.59. The summed E-state index contributed by atoms with van der Waals surface area (Å²) in [5.41, 5.74) is 5.55. The zero-order valence-electron chi connectivity index (χ0n) is 17.9. The lowest BCUT2D eigenvalue weighted by molar-refractivity contribution is 0.217. The molecule has 34 heavy (non-hydrogen) atoms. The van der Waals surface area contributed by atoms with Crippen LogP contribution in [0.4, 0.5) is 11.6 Å². The molecule has 3 aromatic rings. The summed E-state index contributed by atoms with van der Waals surface area (Å²) >= 11 is 0. The Bertz CT molecular complexity index is 1370. The first kappa shape index (κ1) is 24.2. The number of tetrazole rings is 1. The number of fused-ring (bicyclic) bond motifs is 1. The molecular formula is C17H24N10O5S2. The van der Waals surface area contributed by atoms with Crippen molar-refractivity contribution in [2.45, 2.75) is 28.7 Å². The quantitative estimate of drug-likeness (QED) is 0.205. The van der Waals surface area contributed by atoms with E-state index in [1.54, 1.807) is 21.9 Å². The fraction of sp³-hybridized carbons (Fsp3) is 0.412. The minimum Gasteiger partial charge on any atom is -0.394 e. The first-order valence-corrected chi connectivity index (χ1v) is 13.3. The third-order valence-electron chi connectivity index (χ3n) is 5.39. The van der Waals surface area contributed by atoms with Crippen molar-refractivity contribution in [3.8, 4) is 11.4 Å². The van der Waals surface area contributed by atoms with Crippen molar-refractivity contribution < 1.29 is 21.9 Å². The Labute approximate surface area is 195 Å². The van der Waals surface area contributed by atoms with Gasteiger partial charge in [-0.25, -0.2) is 31.7 Å². The molecule has 15 nitrogen and oxygen atoms in total. The molecule has 0 aliphatic carbocycles. The molecule has 4 rings (SSSR count). The second-order valence-corrected chi connectivity index (χ2v) is 10.8. The van der Waals surface area contributed by atoms with Crippen molar-refractivity contribution in [2.75, 3.05) is 31.1 Å². The number of primary sulfonamides is 1. The van der Waals surface area contributed by atoms with E-state index in [9.17, 15) is 21.9 Å². The summed E-state index contributed by atoms with van der Waals surface area (Å²) in [5, 5.41) is 28.8. The predicted molar refractivity (Wildman–Crippen MR) is 120 cm³/mol. The maximum absolute atomic E-state index is 13.0. The summed E-state index contributed by atoms with van der Waals surface area (Å²) in [6, 6.07) is 2.39. The van der Waals surface area contributed by atoms with Crippen LogP contribution in [0.3, 0.4) is 0 Å². The molecule has 1 atom stereocenters. The standard InChI is InChI=1S/C17H24N10O5S2/c18-5-1-6-21-34(31,32)13-3-2-12(14(15(13)33(19,29)30)16-22-24-25-23-16)27-8-4-11(10-28)26-9-7-20-17(26)27/h2-3,7,9,11,21,28H,1,4-6,8,10,18H2,(H2,19,29,30)(H,22,23,24,25)/t11-/m0/s1. The Balaban J connectivity index is 1.97. The normalized spacial score (nSPS) is 16.6. The van der Waals surface area contributed by atoms with Gasteiger partial charge in [-0.1, -0.05) is 0 Å². The summed E-state index contributed by atoms with van der Waals surface area (Å²) in [7, 11) is -8.90. The van der Waals surface area contributed by atoms with E-state index in [0.717, 1.165) is 6.07 Å². The van der Waals surface area contributed by atoms with Crippen LogP contribution in [0.15, 0.2) is 34.3 Å². The molecule has 0 radical (unpaired) electrons. The monoisotopic (exact) mass is 512 g/mol. The van der Waals surface area contributed by atoms with Crippen LogP contribution >= 0.6 is 0 Å². The molecule has 0 fully saturated rings. The van der Waals surface area contributed by atoms with E-state index in [0.29, 0.717) is 25.3 Å². The molecule has 0 spiro atoms. The maximum Gasteiger partial charge on any atom is 0.241 e. The zero-order valence-corrected chi connectivity index (χ0v) is 19.5. The van der Waals surface area contributed by atoms with Crippen molar-refractivity contribution in [2.24, 2.45) is 10.9 Å². The zero-order chi connectivity index (χ0) is 24.5. The van der Waals surface area contributed by atoms with Gasteiger partial charge in [0.2, 0.25) is 31.8 Å². The Morgan fingerprint density at radius 2 is 2.06 bits per heavy atom. The van der Waals surface area contributed by atoms with Crippen molar-refractivity contribution in [1.29, 1.82) is 0 Å². The van der Waals surface area contributed by atoms with Crippen molar-refractivity contribution in [3.05, 3.63) is 24.5 Å². The van der Waals surface area contributed by atoms with Crippen molar-refractivity contribution in [3.63, 3.8) is 0 Å². The number of aliphatic hydroxyl groups is 1. The van der Waals surface area contributed by atoms with Crippen molar-refractivity contribution in [1.82, 2.24) is 34.9 Å². The van der Waals surface area contributed by atoms with Crippen LogP contribution in [0.5, 0.6) is 0 Å². The largest absolute Gasteiger partial charge is 0.394 e. The summed E-state index contributed by atoms with van der Waals surface area (Å²) < 4.78 is 55.7. The molecule has 0 saturated heterocycles. The summed E-state index contributed by atoms with van der Waals surface area (Å²) in [5.74, 6) is 0.257. The number of benzene rings is 1. The summed E-state index contributed by atoms with van der Waals surface area (Å²) in [4.78, 5) is 4.80. The van der Waals surface area contributed by atoms with Crippen LogP contribution < -0.4 is 20.5 Å². The van der Waals surface area contributed by atoms with Gasteiger partial charge in [0.1, 0.15) is 9.79 Å². The van der Waals surface area contributed by atoms with E-state index >= 15 is 0 Å². The average molecular weight is 513 g/mol. The molecule has 17 heteroatoms. The van der Waals surface area contributed by atoms with Crippen molar-refractivity contribution >= 4 is 31.7 Å². The van der Waals surface area contributed by atoms with E-state index in [1.165, 1.54) is 6.07 Å². The number of hydrogen-bond acceptors (Lipinski definition) is 11. The van der Waals surface area contributed by atoms with E-state index in [-0.39, 0.29) is 42.8 Å². The number of aromatic amines is 1. The highest BCUT2D eigenvalue weighted by Crippen LogP contribution is 2.42. The molecular weight excluding hydrogens is 488 g/mol. The molecule has 0 bridgehead atoms. The smallest absolute Gasteiger partial charge is 0.241 e. The van der Waals surface area contributed by atoms with E-state index in [4.69, 9.17) is 10.9 Å². The number of nitrogens with one attached hydrogen (secondary N) is 2. The van der Waals surface area contributed by atoms with Gasteiger partial charge in [-0.3, -0.25) is 0 Å². The lowest BCUT2D eigenvalue weighted by Gasteiger charge is -2.34. The lowest BCUT2D eigenvalue weighted by Crippen LogP contribution is -2.34. The van der Waals surface area contributed by atoms with Gasteiger partial charge in [0.25, 0.3) is 0 Å². The number of hydrogen-bond donors (Lipinski definition) is 5. The van der Waals surface area contributed by atoms with E-state index in [2.05, 4.69) is 30.3 Å². The number of H-pyrrole nitrogens is 1. The summed E-state index contributed by atoms with van der Waals surface area (Å²) in [6.07, 6.45) is 4.10. The molecule has 1 aliphatic rings. The van der Waals surface area contributed by atoms with Crippen LogP contribution in [0, 0.1) is 0 Å². The second-order valence-electron chi connectivity index (χ2n) is 7.52. The number of rotatable bonds is 9. The molecule has 0 unspecified atom stereocenters. The molecule has 0 saturated carbocycles. The minimum absolute atomic E-state index is 0.00823. The number of nitrogens with two attached hydrogens (primary N) is 2. The number of sulfonamides is 2. The van der Waals surface area contributed by atoms with E-state index < -0.39 is 29.8 Å². The Kier molecular flexibility index (Phi) is 6.65. The number of aliphatic hydroxyl groups excluding tert-OH is 1. The van der Waals surface area contributed by atoms with Gasteiger partial charge in [0.05, 0.1) is 23.9 Å². The van der Waals surface area contributed by atoms with Gasteiger partial charge in [-0.15, -0.1) is 10.2 Å². The van der Waals surface area contributed by atoms with Crippen LogP contribution in [0.1, 0.15) is 18.9 Å². The SMILES string of the molecule is NCCCNS(=O)(=O)c1ccc(N2CC[C@@H](CO)n3ccnc32)c(-c2nn[nH]n2)c1S(N)(=O)=O. The topological polar surface area (TPSA) is 228 Å². The number of imidazole rings is 1. The van der Waals surface area contributed by atoms with Crippen LogP contribution in [-0.4, -0.2) is 78.4 Å². The second kappa shape index (κ2) is 9.35. The van der Waals surface area contributed by atoms with E-state index in [1.807, 2.05) is 0 Å². The first-order chi connectivity index (χ1) is 16.2. The molecule has 0 amide bonds. The molecule has 184 valence electrons. The Morgan fingerprint density at radius 3 is 2.71 bits per heavy atom. The van der Waals surface area contributed by atoms with Gasteiger partial charge < -0.3 is 20.3 Å². The van der Waals surface area contributed by atoms with Gasteiger partial charge in [0, 0.05) is 25.5 Å². The highest BCUT2D eigenvalue weighted by Gasteiger charge is 2.35. The minimum atomic E-state index is -4.60. The third kappa shape index (κ3) is 4.40. The third-order valence-corrected chi connectivity index (χ3v) is 8.01. The fourth-order valence-electron chi connectivity index (χ4n) is 3.87. The average Bonchev–Trinajstić information content (AvgIpc) is 3.49. The molecule has 2 aromatic heterocycles. The van der Waals surface area contributed by atoms with Gasteiger partial charge in [-0.05, 0) is 36.7 Å². The molecule has 1 aliphatic heterocycles. The molecule has 7 N–H and O–H groups in total. The maximum atomic E-state index is 13.0. The van der Waals surface area contributed by atoms with Crippen LogP contribution in [-0.2, 0) is 20.0 Å². The Morgan fingerprint density at radius 1 is 1.26 bits per heavy atom. The first-order valence-electron chi connectivity index (χ1n) is 10.2. The number of nitrogens with zero attached hydrogens (tertiary/aromatic N) is 6. The number of aromatic nitrogens is 6. The van der Waals surface area contributed by atoms with Gasteiger partial charge in [-0.2, -0.15) is 5.21 Å². The highest BCUT2D eigenvalue weighted by atomic mass is 32.2. The molecule has 3 heterocycles. The van der Waals surface area contributed by atoms with Crippen LogP contribution in [0.2, 0.25) is 0 Å².